The highest BCUT2D eigenvalue weighted by atomic mass is 32.2. The molecule has 0 aromatic heterocycles. The molecule has 0 amide bonds. The lowest BCUT2D eigenvalue weighted by molar-refractivity contribution is 0.436. The van der Waals surface area contributed by atoms with Crippen LogP contribution in [0, 0.1) is 5.92 Å². The molecule has 0 radical (unpaired) electrons. The van der Waals surface area contributed by atoms with Crippen molar-refractivity contribution in [1.82, 2.24) is 9.62 Å². The highest BCUT2D eigenvalue weighted by molar-refractivity contribution is 7.89. The third-order valence-electron chi connectivity index (χ3n) is 3.67. The molecule has 2 unspecified atom stereocenters. The average molecular weight is 276 g/mol. The van der Waals surface area contributed by atoms with E-state index in [-0.39, 0.29) is 5.25 Å². The van der Waals surface area contributed by atoms with Crippen LogP contribution in [0.5, 0.6) is 0 Å². The molecule has 0 bridgehead atoms. The van der Waals surface area contributed by atoms with Crippen molar-refractivity contribution in [1.29, 1.82) is 0 Å². The second-order valence-electron chi connectivity index (χ2n) is 5.36. The molecular weight excluding hydrogens is 248 g/mol. The number of rotatable bonds is 8. The van der Waals surface area contributed by atoms with E-state index >= 15 is 0 Å². The summed E-state index contributed by atoms with van der Waals surface area (Å²) in [4.78, 5) is 0. The van der Waals surface area contributed by atoms with Crippen molar-refractivity contribution >= 4 is 10.0 Å². The summed E-state index contributed by atoms with van der Waals surface area (Å²) in [6, 6.07) is 0. The Morgan fingerprint density at radius 2 is 2.06 bits per heavy atom. The molecule has 0 aliphatic carbocycles. The molecule has 0 aromatic carbocycles. The van der Waals surface area contributed by atoms with Crippen LogP contribution in [-0.4, -0.2) is 44.2 Å². The van der Waals surface area contributed by atoms with Gasteiger partial charge in [0.2, 0.25) is 10.0 Å². The normalized spacial score (nSPS) is 23.4. The van der Waals surface area contributed by atoms with Gasteiger partial charge in [-0.3, -0.25) is 0 Å². The van der Waals surface area contributed by atoms with Gasteiger partial charge in [0.05, 0.1) is 5.25 Å². The van der Waals surface area contributed by atoms with Crippen molar-refractivity contribution in [3.63, 3.8) is 0 Å². The number of hydrogen-bond donors (Lipinski definition) is 1. The molecule has 2 atom stereocenters. The van der Waals surface area contributed by atoms with Crippen LogP contribution in [0.1, 0.15) is 46.5 Å². The minimum atomic E-state index is -3.10. The maximum atomic E-state index is 12.4. The molecule has 1 saturated heterocycles. The third kappa shape index (κ3) is 4.21. The Bertz CT molecular complexity index is 330. The van der Waals surface area contributed by atoms with E-state index in [1.165, 1.54) is 0 Å². The largest absolute Gasteiger partial charge is 0.315 e. The maximum absolute atomic E-state index is 12.4. The summed E-state index contributed by atoms with van der Waals surface area (Å²) in [5.74, 6) is 0.570. The Hall–Kier alpha value is -0.130. The number of sulfonamides is 1. The van der Waals surface area contributed by atoms with Gasteiger partial charge in [-0.05, 0) is 38.6 Å². The van der Waals surface area contributed by atoms with Crippen LogP contribution in [0.15, 0.2) is 0 Å². The summed E-state index contributed by atoms with van der Waals surface area (Å²) in [5.41, 5.74) is 0. The lowest BCUT2D eigenvalue weighted by Gasteiger charge is -2.22. The average Bonchev–Trinajstić information content (AvgIpc) is 2.79. The predicted molar refractivity (Wildman–Crippen MR) is 76.1 cm³/mol. The van der Waals surface area contributed by atoms with E-state index in [1.54, 1.807) is 4.31 Å². The fraction of sp³-hybridized carbons (Fsp3) is 1.00. The standard InChI is InChI=1S/C13H28N2O2S/c1-4-6-13-7-9-15(11-13)18(16,17)12(3)10-14-8-5-2/h12-14H,4-11H2,1-3H3. The highest BCUT2D eigenvalue weighted by Crippen LogP contribution is 2.24. The Morgan fingerprint density at radius 1 is 1.33 bits per heavy atom. The zero-order chi connectivity index (χ0) is 13.6. The van der Waals surface area contributed by atoms with Gasteiger partial charge in [-0.15, -0.1) is 0 Å². The fourth-order valence-electron chi connectivity index (χ4n) is 2.51. The number of nitrogens with one attached hydrogen (secondary N) is 1. The summed E-state index contributed by atoms with van der Waals surface area (Å²) >= 11 is 0. The van der Waals surface area contributed by atoms with Crippen molar-refractivity contribution in [2.24, 2.45) is 5.92 Å². The molecule has 5 heteroatoms. The molecule has 0 saturated carbocycles. The smallest absolute Gasteiger partial charge is 0.217 e. The summed E-state index contributed by atoms with van der Waals surface area (Å²) in [5, 5.41) is 2.88. The lowest BCUT2D eigenvalue weighted by Crippen LogP contribution is -2.41. The Morgan fingerprint density at radius 3 is 2.67 bits per heavy atom. The van der Waals surface area contributed by atoms with E-state index in [9.17, 15) is 8.42 Å². The van der Waals surface area contributed by atoms with Crippen molar-refractivity contribution in [2.75, 3.05) is 26.2 Å². The van der Waals surface area contributed by atoms with Gasteiger partial charge in [-0.2, -0.15) is 0 Å². The Labute approximate surface area is 112 Å². The molecule has 1 fully saturated rings. The number of nitrogens with zero attached hydrogens (tertiary/aromatic N) is 1. The molecule has 1 aliphatic heterocycles. The molecule has 18 heavy (non-hydrogen) atoms. The van der Waals surface area contributed by atoms with Crippen molar-refractivity contribution in [3.8, 4) is 0 Å². The minimum Gasteiger partial charge on any atom is -0.315 e. The zero-order valence-electron chi connectivity index (χ0n) is 12.0. The zero-order valence-corrected chi connectivity index (χ0v) is 12.8. The summed E-state index contributed by atoms with van der Waals surface area (Å²) < 4.78 is 26.4. The topological polar surface area (TPSA) is 49.4 Å². The van der Waals surface area contributed by atoms with E-state index in [4.69, 9.17) is 0 Å². The molecule has 1 rings (SSSR count). The first-order chi connectivity index (χ1) is 8.52. The van der Waals surface area contributed by atoms with E-state index in [1.807, 2.05) is 6.92 Å². The van der Waals surface area contributed by atoms with Crippen LogP contribution in [0.25, 0.3) is 0 Å². The van der Waals surface area contributed by atoms with E-state index in [2.05, 4.69) is 19.2 Å². The van der Waals surface area contributed by atoms with Gasteiger partial charge >= 0.3 is 0 Å². The molecule has 0 spiro atoms. The molecule has 108 valence electrons. The third-order valence-corrected chi connectivity index (χ3v) is 5.91. The second kappa shape index (κ2) is 7.46. The SMILES string of the molecule is CCCNCC(C)S(=O)(=O)N1CCC(CCC)C1. The first-order valence-corrected chi connectivity index (χ1v) is 8.72. The van der Waals surface area contributed by atoms with Crippen LogP contribution in [0.3, 0.4) is 0 Å². The van der Waals surface area contributed by atoms with Crippen molar-refractivity contribution in [2.45, 2.75) is 51.7 Å². The van der Waals surface area contributed by atoms with Crippen molar-refractivity contribution in [3.05, 3.63) is 0 Å². The van der Waals surface area contributed by atoms with Crippen LogP contribution < -0.4 is 5.32 Å². The summed E-state index contributed by atoms with van der Waals surface area (Å²) in [6.45, 7) is 8.95. The summed E-state index contributed by atoms with van der Waals surface area (Å²) in [7, 11) is -3.10. The first-order valence-electron chi connectivity index (χ1n) is 7.22. The summed E-state index contributed by atoms with van der Waals surface area (Å²) in [6.07, 6.45) is 4.36. The fourth-order valence-corrected chi connectivity index (χ4v) is 4.13. The first kappa shape index (κ1) is 15.9. The molecule has 1 N–H and O–H groups in total. The molecule has 4 nitrogen and oxygen atoms in total. The molecule has 0 aromatic rings. The van der Waals surface area contributed by atoms with E-state index in [0.29, 0.717) is 19.0 Å². The van der Waals surface area contributed by atoms with Gasteiger partial charge in [0.25, 0.3) is 0 Å². The molecule has 1 heterocycles. The van der Waals surface area contributed by atoms with E-state index in [0.717, 1.165) is 38.8 Å². The number of hydrogen-bond acceptors (Lipinski definition) is 3. The van der Waals surface area contributed by atoms with E-state index < -0.39 is 10.0 Å². The second-order valence-corrected chi connectivity index (χ2v) is 7.71. The quantitative estimate of drug-likeness (QED) is 0.688. The maximum Gasteiger partial charge on any atom is 0.217 e. The van der Waals surface area contributed by atoms with Crippen LogP contribution in [0.4, 0.5) is 0 Å². The lowest BCUT2D eigenvalue weighted by atomic mass is 10.0. The van der Waals surface area contributed by atoms with Crippen LogP contribution in [0.2, 0.25) is 0 Å². The molecular formula is C13H28N2O2S. The molecule has 1 aliphatic rings. The Kier molecular flexibility index (Phi) is 6.60. The van der Waals surface area contributed by atoms with Gasteiger partial charge in [0, 0.05) is 19.6 Å². The Balaban J connectivity index is 2.48. The van der Waals surface area contributed by atoms with Crippen LogP contribution >= 0.6 is 0 Å². The van der Waals surface area contributed by atoms with Gasteiger partial charge in [-0.25, -0.2) is 12.7 Å². The highest BCUT2D eigenvalue weighted by Gasteiger charge is 2.34. The van der Waals surface area contributed by atoms with Crippen LogP contribution in [-0.2, 0) is 10.0 Å². The van der Waals surface area contributed by atoms with Crippen molar-refractivity contribution < 1.29 is 8.42 Å². The predicted octanol–water partition coefficient (Wildman–Crippen LogP) is 1.83. The van der Waals surface area contributed by atoms with Gasteiger partial charge < -0.3 is 5.32 Å². The minimum absolute atomic E-state index is 0.315. The van der Waals surface area contributed by atoms with Gasteiger partial charge in [-0.1, -0.05) is 20.3 Å². The van der Waals surface area contributed by atoms with Gasteiger partial charge in [0.15, 0.2) is 0 Å². The van der Waals surface area contributed by atoms with Gasteiger partial charge in [0.1, 0.15) is 0 Å². The monoisotopic (exact) mass is 276 g/mol.